The van der Waals surface area contributed by atoms with Crippen molar-refractivity contribution in [1.82, 2.24) is 15.2 Å². The second kappa shape index (κ2) is 25.2. The minimum absolute atomic E-state index is 0.00876. The lowest BCUT2D eigenvalue weighted by atomic mass is 9.77. The first-order valence-electron chi connectivity index (χ1n) is 26.2. The summed E-state index contributed by atoms with van der Waals surface area (Å²) in [7, 11) is -1.92. The Labute approximate surface area is 479 Å². The van der Waals surface area contributed by atoms with Gasteiger partial charge in [-0.1, -0.05) is 157 Å². The quantitative estimate of drug-likeness (QED) is 0.0124. The number of hydrogen-bond donors (Lipinski definition) is 2. The van der Waals surface area contributed by atoms with Gasteiger partial charge in [0.25, 0.3) is 19.2 Å². The monoisotopic (exact) mass is 1140 g/mol. The van der Waals surface area contributed by atoms with E-state index >= 15 is 0 Å². The summed E-state index contributed by atoms with van der Waals surface area (Å²) < 4.78 is 37.5. The van der Waals surface area contributed by atoms with Gasteiger partial charge in [0.2, 0.25) is 5.60 Å². The molecular formula is C63H62N5O10PS2. The molecule has 81 heavy (non-hydrogen) atoms. The number of thioether (sulfide) groups is 1. The summed E-state index contributed by atoms with van der Waals surface area (Å²) in [5.41, 5.74) is 0.390. The zero-order chi connectivity index (χ0) is 57.2. The van der Waals surface area contributed by atoms with Crippen LogP contribution in [0.2, 0.25) is 0 Å². The summed E-state index contributed by atoms with van der Waals surface area (Å²) in [5, 5.41) is 13.4. The number of methoxy groups -OCH3 is 1. The Morgan fingerprint density at radius 1 is 0.753 bits per heavy atom. The molecule has 3 heterocycles. The Balaban J connectivity index is 0.999. The Kier molecular flexibility index (Phi) is 17.9. The topological polar surface area (TPSA) is 184 Å². The van der Waals surface area contributed by atoms with Crippen LogP contribution in [0.15, 0.2) is 210 Å². The SMILES string of the molecule is COc1ccc(COC(=O)C2=C(C/C=C/COP(=O)(c3ccccc3)c3ccccc3)CS[C@@H]3[C@H](NC(=O)/C(=N\OC(C)(C)C(=O)OC(C)(C)C)c4csc(NC(c5ccccc5)(c5ccccc5)c5ccccc5)n4)C(=O)N23)cc1. The van der Waals surface area contributed by atoms with Crippen molar-refractivity contribution in [2.24, 2.45) is 5.16 Å². The molecule has 0 aliphatic carbocycles. The van der Waals surface area contributed by atoms with Gasteiger partial charge < -0.3 is 34.2 Å². The third-order valence-corrected chi connectivity index (χ3v) is 17.8. The highest BCUT2D eigenvalue weighted by Gasteiger charge is 2.55. The molecule has 416 valence electrons. The Morgan fingerprint density at radius 3 is 1.83 bits per heavy atom. The first kappa shape index (κ1) is 57.6. The molecule has 0 radical (unpaired) electrons. The molecule has 2 atom stereocenters. The van der Waals surface area contributed by atoms with Gasteiger partial charge >= 0.3 is 11.9 Å². The van der Waals surface area contributed by atoms with Gasteiger partial charge in [-0.3, -0.25) is 19.1 Å². The number of amides is 2. The zero-order valence-electron chi connectivity index (χ0n) is 45.6. The number of benzene rings is 6. The van der Waals surface area contributed by atoms with Crippen LogP contribution in [0.5, 0.6) is 5.75 Å². The van der Waals surface area contributed by atoms with E-state index in [1.54, 1.807) is 93.9 Å². The highest BCUT2D eigenvalue weighted by molar-refractivity contribution is 8.00. The van der Waals surface area contributed by atoms with E-state index in [0.717, 1.165) is 16.7 Å². The lowest BCUT2D eigenvalue weighted by Gasteiger charge is -2.49. The van der Waals surface area contributed by atoms with E-state index in [0.29, 0.717) is 32.6 Å². The molecule has 1 aromatic heterocycles. The first-order chi connectivity index (χ1) is 39.0. The van der Waals surface area contributed by atoms with E-state index in [2.05, 4.69) is 15.8 Å². The Hall–Kier alpha value is -8.08. The number of nitrogens with one attached hydrogen (secondary N) is 2. The molecule has 0 bridgehead atoms. The van der Waals surface area contributed by atoms with Gasteiger partial charge in [0.15, 0.2) is 10.8 Å². The molecule has 2 amide bonds. The van der Waals surface area contributed by atoms with Gasteiger partial charge in [-0.25, -0.2) is 14.6 Å². The number of ether oxygens (including phenoxy) is 3. The second-order valence-corrected chi connectivity index (χ2v) is 24.8. The highest BCUT2D eigenvalue weighted by Crippen LogP contribution is 2.46. The van der Waals surface area contributed by atoms with Gasteiger partial charge in [0.05, 0.1) is 13.7 Å². The number of thiazole rings is 1. The fourth-order valence-corrected chi connectivity index (χ4v) is 13.3. The van der Waals surface area contributed by atoms with Crippen LogP contribution in [0, 0.1) is 0 Å². The number of esters is 2. The second-order valence-electron chi connectivity index (χ2n) is 20.5. The lowest BCUT2D eigenvalue weighted by Crippen LogP contribution is -2.71. The smallest absolute Gasteiger partial charge is 0.355 e. The van der Waals surface area contributed by atoms with Crippen molar-refractivity contribution in [2.45, 2.75) is 75.8 Å². The maximum Gasteiger partial charge on any atom is 0.355 e. The molecule has 0 unspecified atom stereocenters. The maximum absolute atomic E-state index is 14.9. The third kappa shape index (κ3) is 13.1. The van der Waals surface area contributed by atoms with Crippen LogP contribution in [0.4, 0.5) is 5.13 Å². The summed E-state index contributed by atoms with van der Waals surface area (Å²) in [6.45, 7) is 8.03. The largest absolute Gasteiger partial charge is 0.497 e. The number of oxime groups is 1. The number of carbonyl (C=O) groups excluding carboxylic acids is 4. The molecule has 0 spiro atoms. The van der Waals surface area contributed by atoms with E-state index in [4.69, 9.17) is 28.6 Å². The van der Waals surface area contributed by atoms with Crippen molar-refractivity contribution in [3.05, 3.63) is 233 Å². The summed E-state index contributed by atoms with van der Waals surface area (Å²) in [6.07, 6.45) is 3.76. The molecule has 2 aliphatic rings. The van der Waals surface area contributed by atoms with Crippen LogP contribution in [-0.2, 0) is 54.7 Å². The molecule has 1 saturated heterocycles. The van der Waals surface area contributed by atoms with E-state index in [9.17, 15) is 23.7 Å². The number of fused-ring (bicyclic) bond motifs is 1. The van der Waals surface area contributed by atoms with Gasteiger partial charge in [0.1, 0.15) is 46.3 Å². The van der Waals surface area contributed by atoms with Crippen molar-refractivity contribution in [3.63, 3.8) is 0 Å². The van der Waals surface area contributed by atoms with Crippen molar-refractivity contribution >= 4 is 75.7 Å². The summed E-state index contributed by atoms with van der Waals surface area (Å²) >= 11 is 2.59. The van der Waals surface area contributed by atoms with Crippen molar-refractivity contribution in [2.75, 3.05) is 24.8 Å². The van der Waals surface area contributed by atoms with Gasteiger partial charge in [0, 0.05) is 21.7 Å². The van der Waals surface area contributed by atoms with Crippen LogP contribution in [-0.4, -0.2) is 81.4 Å². The van der Waals surface area contributed by atoms with Gasteiger partial charge in [-0.15, -0.1) is 23.1 Å². The summed E-state index contributed by atoms with van der Waals surface area (Å²) in [6, 6.07) is 53.9. The molecule has 1 fully saturated rings. The molecule has 2 aliphatic heterocycles. The molecule has 0 saturated carbocycles. The standard InChI is InChI=1S/C63H62N5O10PS2/c1-61(2,3)77-59(72)62(4,5)78-67-52(51-42-81-60(64-51)66-63(45-25-12-7-13-26-45,46-27-14-8-15-28-46)47-29-16-9-17-30-47)55(69)65-53-56(70)68-54(58(71)75-40-43-35-37-48(74-6)38-36-43)44(41-80-57(53)68)24-22-23-39-76-79(73,49-31-18-10-19-32-49)50-33-20-11-21-34-50/h7-23,25-38,42,53,57H,24,39-41H2,1-6H3,(H,64,66)(H,65,69)/b23-22+,67-52-/t53-,57-/m1/s1. The number of carbonyl (C=O) groups is 4. The normalized spacial score (nSPS) is 15.8. The maximum atomic E-state index is 14.9. The van der Waals surface area contributed by atoms with Crippen molar-refractivity contribution in [1.29, 1.82) is 0 Å². The zero-order valence-corrected chi connectivity index (χ0v) is 48.2. The molecule has 7 aromatic rings. The minimum Gasteiger partial charge on any atom is -0.497 e. The van der Waals surface area contributed by atoms with Crippen LogP contribution < -0.4 is 26.0 Å². The van der Waals surface area contributed by atoms with E-state index < -0.39 is 59.3 Å². The predicted octanol–water partition coefficient (Wildman–Crippen LogP) is 10.7. The van der Waals surface area contributed by atoms with E-state index in [1.165, 1.54) is 41.8 Å². The summed E-state index contributed by atoms with van der Waals surface area (Å²) in [5.74, 6) is -1.93. The summed E-state index contributed by atoms with van der Waals surface area (Å²) in [4.78, 5) is 69.4. The number of hydrogen-bond acceptors (Lipinski definition) is 15. The van der Waals surface area contributed by atoms with Crippen LogP contribution >= 0.6 is 30.5 Å². The average Bonchev–Trinajstić information content (AvgIpc) is 4.03. The number of aromatic nitrogens is 1. The highest BCUT2D eigenvalue weighted by atomic mass is 32.2. The predicted molar refractivity (Wildman–Crippen MR) is 317 cm³/mol. The molecule has 6 aromatic carbocycles. The molecular weight excluding hydrogens is 1080 g/mol. The molecule has 15 nitrogen and oxygen atoms in total. The molecule has 9 rings (SSSR count). The molecule has 18 heteroatoms. The number of rotatable bonds is 22. The number of β-lactam (4-membered cyclic amide) rings is 1. The fraction of sp³-hybridized carbons (Fsp3) is 0.238. The van der Waals surface area contributed by atoms with E-state index in [1.807, 2.05) is 127 Å². The van der Waals surface area contributed by atoms with Crippen molar-refractivity contribution in [3.8, 4) is 5.75 Å². The molecule has 2 N–H and O–H groups in total. The number of allylic oxidation sites excluding steroid dienone is 1. The number of nitrogens with zero attached hydrogens (tertiary/aromatic N) is 3. The van der Waals surface area contributed by atoms with Crippen LogP contribution in [0.25, 0.3) is 0 Å². The van der Waals surface area contributed by atoms with Crippen LogP contribution in [0.1, 0.15) is 69.0 Å². The lowest BCUT2D eigenvalue weighted by molar-refractivity contribution is -0.179. The average molecular weight is 1140 g/mol. The minimum atomic E-state index is -3.48. The number of anilines is 1. The third-order valence-electron chi connectivity index (χ3n) is 13.3. The van der Waals surface area contributed by atoms with Crippen molar-refractivity contribution < 1.29 is 47.3 Å². The first-order valence-corrected chi connectivity index (χ1v) is 29.7. The van der Waals surface area contributed by atoms with Crippen LogP contribution in [0.3, 0.4) is 0 Å². The fourth-order valence-electron chi connectivity index (χ4n) is 9.15. The Morgan fingerprint density at radius 2 is 1.30 bits per heavy atom. The Bertz CT molecular complexity index is 3340. The van der Waals surface area contributed by atoms with E-state index in [-0.39, 0.29) is 42.5 Å². The van der Waals surface area contributed by atoms with Gasteiger partial charge in [-0.05, 0) is 105 Å². The van der Waals surface area contributed by atoms with Gasteiger partial charge in [-0.2, -0.15) is 0 Å².